The average molecular weight is 249 g/mol. The van der Waals surface area contributed by atoms with E-state index in [9.17, 15) is 4.39 Å². The van der Waals surface area contributed by atoms with Gasteiger partial charge in [-0.1, -0.05) is 24.6 Å². The van der Waals surface area contributed by atoms with Crippen LogP contribution in [0.15, 0.2) is 36.4 Å². The lowest BCUT2D eigenvalue weighted by Gasteiger charge is -2.18. The molecule has 1 aromatic rings. The van der Waals surface area contributed by atoms with E-state index >= 15 is 0 Å². The van der Waals surface area contributed by atoms with Crippen LogP contribution in [0.4, 0.5) is 4.39 Å². The quantitative estimate of drug-likeness (QED) is 0.684. The molecule has 100 valence electrons. The average Bonchev–Trinajstić information content (AvgIpc) is 2.32. The molecule has 0 heterocycles. The molecule has 0 aliphatic heterocycles. The van der Waals surface area contributed by atoms with Gasteiger partial charge in [0.15, 0.2) is 0 Å². The molecule has 1 aromatic carbocycles. The second-order valence-corrected chi connectivity index (χ2v) is 4.98. The second kappa shape index (κ2) is 8.04. The van der Waals surface area contributed by atoms with Crippen molar-refractivity contribution in [2.75, 3.05) is 6.54 Å². The van der Waals surface area contributed by atoms with Crippen molar-refractivity contribution in [3.63, 3.8) is 0 Å². The third kappa shape index (κ3) is 5.97. The van der Waals surface area contributed by atoms with Crippen molar-refractivity contribution in [1.29, 1.82) is 0 Å². The molecule has 0 amide bonds. The van der Waals surface area contributed by atoms with Crippen LogP contribution in [-0.4, -0.2) is 12.6 Å². The van der Waals surface area contributed by atoms with Gasteiger partial charge in [-0.15, -0.1) is 6.58 Å². The number of hydrogen-bond donors (Lipinski definition) is 1. The number of rotatable bonds is 8. The molecule has 2 heteroatoms. The predicted molar refractivity (Wildman–Crippen MR) is 76.2 cm³/mol. The van der Waals surface area contributed by atoms with Gasteiger partial charge >= 0.3 is 0 Å². The first-order chi connectivity index (χ1) is 8.61. The molecule has 0 aliphatic carbocycles. The number of hydrogen-bond acceptors (Lipinski definition) is 1. The number of halogens is 1. The molecule has 0 radical (unpaired) electrons. The van der Waals surface area contributed by atoms with Crippen LogP contribution < -0.4 is 5.32 Å². The van der Waals surface area contributed by atoms with Crippen molar-refractivity contribution < 1.29 is 4.39 Å². The SMILES string of the molecule is C=C(C)CCC(Cc1cccc(F)c1)NCCC. The van der Waals surface area contributed by atoms with E-state index in [1.54, 1.807) is 12.1 Å². The molecule has 18 heavy (non-hydrogen) atoms. The summed E-state index contributed by atoms with van der Waals surface area (Å²) in [4.78, 5) is 0. The molecule has 1 nitrogen and oxygen atoms in total. The van der Waals surface area contributed by atoms with Crippen molar-refractivity contribution in [2.24, 2.45) is 0 Å². The summed E-state index contributed by atoms with van der Waals surface area (Å²) in [6.45, 7) is 9.16. The first-order valence-corrected chi connectivity index (χ1v) is 6.74. The summed E-state index contributed by atoms with van der Waals surface area (Å²) < 4.78 is 13.1. The Morgan fingerprint density at radius 2 is 2.22 bits per heavy atom. The normalized spacial score (nSPS) is 12.4. The molecule has 0 aliphatic rings. The molecule has 1 N–H and O–H groups in total. The lowest BCUT2D eigenvalue weighted by molar-refractivity contribution is 0.476. The minimum atomic E-state index is -0.151. The number of nitrogens with one attached hydrogen (secondary N) is 1. The Morgan fingerprint density at radius 3 is 2.83 bits per heavy atom. The first-order valence-electron chi connectivity index (χ1n) is 6.74. The van der Waals surface area contributed by atoms with Crippen molar-refractivity contribution in [3.8, 4) is 0 Å². The highest BCUT2D eigenvalue weighted by Crippen LogP contribution is 2.12. The van der Waals surface area contributed by atoms with E-state index in [-0.39, 0.29) is 5.82 Å². The van der Waals surface area contributed by atoms with Gasteiger partial charge in [-0.2, -0.15) is 0 Å². The maximum atomic E-state index is 13.1. The fourth-order valence-corrected chi connectivity index (χ4v) is 1.99. The first kappa shape index (κ1) is 14.9. The maximum Gasteiger partial charge on any atom is 0.123 e. The van der Waals surface area contributed by atoms with E-state index in [1.807, 2.05) is 6.07 Å². The van der Waals surface area contributed by atoms with Crippen molar-refractivity contribution in [2.45, 2.75) is 45.6 Å². The van der Waals surface area contributed by atoms with Crippen LogP contribution in [0.3, 0.4) is 0 Å². The molecular weight excluding hydrogens is 225 g/mol. The Morgan fingerprint density at radius 1 is 1.44 bits per heavy atom. The number of benzene rings is 1. The summed E-state index contributed by atoms with van der Waals surface area (Å²) in [5.41, 5.74) is 2.27. The summed E-state index contributed by atoms with van der Waals surface area (Å²) in [5.74, 6) is -0.151. The van der Waals surface area contributed by atoms with Crippen molar-refractivity contribution in [1.82, 2.24) is 5.32 Å². The van der Waals surface area contributed by atoms with Gasteiger partial charge < -0.3 is 5.32 Å². The molecule has 0 spiro atoms. The molecule has 0 saturated heterocycles. The zero-order valence-corrected chi connectivity index (χ0v) is 11.5. The number of allylic oxidation sites excluding steroid dienone is 1. The summed E-state index contributed by atoms with van der Waals surface area (Å²) in [7, 11) is 0. The van der Waals surface area contributed by atoms with Crippen LogP contribution >= 0.6 is 0 Å². The Kier molecular flexibility index (Phi) is 6.66. The van der Waals surface area contributed by atoms with Crippen LogP contribution in [0.5, 0.6) is 0 Å². The van der Waals surface area contributed by atoms with Crippen LogP contribution in [0.25, 0.3) is 0 Å². The maximum absolute atomic E-state index is 13.1. The topological polar surface area (TPSA) is 12.0 Å². The van der Waals surface area contributed by atoms with E-state index in [1.165, 1.54) is 11.6 Å². The van der Waals surface area contributed by atoms with Crippen LogP contribution in [0.1, 0.15) is 38.7 Å². The molecule has 1 unspecified atom stereocenters. The van der Waals surface area contributed by atoms with Gasteiger partial charge in [-0.05, 0) is 56.8 Å². The lowest BCUT2D eigenvalue weighted by atomic mass is 9.99. The standard InChI is InChI=1S/C16H24FN/c1-4-10-18-16(9-8-13(2)3)12-14-6-5-7-15(17)11-14/h5-7,11,16,18H,2,4,8-10,12H2,1,3H3. The minimum absolute atomic E-state index is 0.151. The molecular formula is C16H24FN. The van der Waals surface area contributed by atoms with Crippen molar-refractivity contribution in [3.05, 3.63) is 47.8 Å². The molecule has 0 bridgehead atoms. The summed E-state index contributed by atoms with van der Waals surface area (Å²) in [5, 5.41) is 3.53. The summed E-state index contributed by atoms with van der Waals surface area (Å²) >= 11 is 0. The summed E-state index contributed by atoms with van der Waals surface area (Å²) in [6.07, 6.45) is 4.08. The van der Waals surface area contributed by atoms with Crippen molar-refractivity contribution >= 4 is 0 Å². The Balaban J connectivity index is 2.56. The fraction of sp³-hybridized carbons (Fsp3) is 0.500. The third-order valence-corrected chi connectivity index (χ3v) is 2.97. The third-order valence-electron chi connectivity index (χ3n) is 2.97. The smallest absolute Gasteiger partial charge is 0.123 e. The molecule has 0 fully saturated rings. The Hall–Kier alpha value is -1.15. The minimum Gasteiger partial charge on any atom is -0.314 e. The van der Waals surface area contributed by atoms with E-state index in [4.69, 9.17) is 0 Å². The Labute approximate surface area is 110 Å². The monoisotopic (exact) mass is 249 g/mol. The second-order valence-electron chi connectivity index (χ2n) is 4.98. The zero-order valence-electron chi connectivity index (χ0n) is 11.5. The van der Waals surface area contributed by atoms with Gasteiger partial charge in [0.05, 0.1) is 0 Å². The fourth-order valence-electron chi connectivity index (χ4n) is 1.99. The van der Waals surface area contributed by atoms with Gasteiger partial charge in [-0.3, -0.25) is 0 Å². The zero-order chi connectivity index (χ0) is 13.4. The van der Waals surface area contributed by atoms with E-state index in [0.717, 1.165) is 37.8 Å². The van der Waals surface area contributed by atoms with Gasteiger partial charge in [0, 0.05) is 6.04 Å². The van der Waals surface area contributed by atoms with Crippen LogP contribution in [0.2, 0.25) is 0 Å². The van der Waals surface area contributed by atoms with Gasteiger partial charge in [0.2, 0.25) is 0 Å². The van der Waals surface area contributed by atoms with Crippen LogP contribution in [-0.2, 0) is 6.42 Å². The molecule has 1 rings (SSSR count). The molecule has 0 saturated carbocycles. The molecule has 0 aromatic heterocycles. The van der Waals surface area contributed by atoms with Gasteiger partial charge in [-0.25, -0.2) is 4.39 Å². The lowest BCUT2D eigenvalue weighted by Crippen LogP contribution is -2.31. The molecule has 1 atom stereocenters. The highest BCUT2D eigenvalue weighted by molar-refractivity contribution is 5.17. The Bertz CT molecular complexity index is 373. The van der Waals surface area contributed by atoms with E-state index in [2.05, 4.69) is 25.7 Å². The largest absolute Gasteiger partial charge is 0.314 e. The highest BCUT2D eigenvalue weighted by atomic mass is 19.1. The summed E-state index contributed by atoms with van der Waals surface area (Å²) in [6, 6.07) is 7.29. The van der Waals surface area contributed by atoms with E-state index < -0.39 is 0 Å². The predicted octanol–water partition coefficient (Wildman–Crippen LogP) is 4.09. The van der Waals surface area contributed by atoms with Crippen LogP contribution in [0, 0.1) is 5.82 Å². The van der Waals surface area contributed by atoms with Gasteiger partial charge in [0.25, 0.3) is 0 Å². The van der Waals surface area contributed by atoms with Gasteiger partial charge in [0.1, 0.15) is 5.82 Å². The van der Waals surface area contributed by atoms with E-state index in [0.29, 0.717) is 6.04 Å². The highest BCUT2D eigenvalue weighted by Gasteiger charge is 2.09.